The van der Waals surface area contributed by atoms with Crippen molar-refractivity contribution in [2.24, 2.45) is 0 Å². The van der Waals surface area contributed by atoms with E-state index in [0.717, 1.165) is 5.32 Å². The molecule has 0 unspecified atom stereocenters. The van der Waals surface area contributed by atoms with Gasteiger partial charge >= 0.3 is 0 Å². The van der Waals surface area contributed by atoms with Crippen LogP contribution in [0.2, 0.25) is 19.6 Å². The summed E-state index contributed by atoms with van der Waals surface area (Å²) in [5.41, 5.74) is 0. The fourth-order valence-corrected chi connectivity index (χ4v) is 2.01. The first kappa shape index (κ1) is 12.3. The Bertz CT molecular complexity index is 305. The molecule has 0 atom stereocenters. The highest BCUT2D eigenvalue weighted by atomic mass is 28.3. The molecule has 0 saturated carbocycles. The normalized spacial score (nSPS) is 12.4. The van der Waals surface area contributed by atoms with Gasteiger partial charge in [0.25, 0.3) is 0 Å². The fraction of sp³-hybridized carbons (Fsp3) is 0.778. The van der Waals surface area contributed by atoms with E-state index in [-0.39, 0.29) is 6.29 Å². The van der Waals surface area contributed by atoms with Crippen LogP contribution in [-0.4, -0.2) is 43.6 Å². The Morgan fingerprint density at radius 1 is 1.33 bits per heavy atom. The number of hydrogen-bond donors (Lipinski definition) is 0. The van der Waals surface area contributed by atoms with Crippen LogP contribution < -0.4 is 5.32 Å². The van der Waals surface area contributed by atoms with Crippen molar-refractivity contribution in [2.45, 2.75) is 32.5 Å². The van der Waals surface area contributed by atoms with E-state index in [2.05, 4.69) is 30.0 Å². The number of nitrogens with zero attached hydrogens (tertiary/aromatic N) is 3. The largest absolute Gasteiger partial charge is 0.354 e. The van der Waals surface area contributed by atoms with Crippen molar-refractivity contribution in [1.29, 1.82) is 0 Å². The van der Waals surface area contributed by atoms with Crippen molar-refractivity contribution in [3.8, 4) is 0 Å². The maximum Gasteiger partial charge on any atom is 0.176 e. The van der Waals surface area contributed by atoms with Crippen LogP contribution in [0, 0.1) is 0 Å². The molecular formula is C9H19N3O2Si. The van der Waals surface area contributed by atoms with Gasteiger partial charge in [-0.1, -0.05) is 24.9 Å². The lowest BCUT2D eigenvalue weighted by molar-refractivity contribution is -0.112. The highest BCUT2D eigenvalue weighted by molar-refractivity contribution is 6.88. The number of rotatable bonds is 5. The van der Waals surface area contributed by atoms with Crippen LogP contribution in [0.1, 0.15) is 0 Å². The zero-order chi connectivity index (χ0) is 11.5. The summed E-state index contributed by atoms with van der Waals surface area (Å²) in [6.45, 7) is 7.30. The van der Waals surface area contributed by atoms with Crippen LogP contribution in [0.25, 0.3) is 0 Å². The van der Waals surface area contributed by atoms with Crippen LogP contribution in [-0.2, 0) is 16.0 Å². The summed E-state index contributed by atoms with van der Waals surface area (Å²) in [6, 6.07) is 0. The average Bonchev–Trinajstić information content (AvgIpc) is 2.61. The number of ether oxygens (including phenoxy) is 2. The van der Waals surface area contributed by atoms with Crippen LogP contribution in [0.4, 0.5) is 0 Å². The number of hydrogen-bond acceptors (Lipinski definition) is 4. The molecule has 0 radical (unpaired) electrons. The summed E-state index contributed by atoms with van der Waals surface area (Å²) in [5.74, 6) is 0. The van der Waals surface area contributed by atoms with E-state index in [4.69, 9.17) is 9.47 Å². The van der Waals surface area contributed by atoms with E-state index in [0.29, 0.717) is 6.54 Å². The van der Waals surface area contributed by atoms with E-state index < -0.39 is 8.07 Å². The first-order valence-electron chi connectivity index (χ1n) is 4.93. The second kappa shape index (κ2) is 4.87. The van der Waals surface area contributed by atoms with Crippen molar-refractivity contribution in [3.63, 3.8) is 0 Å². The molecule has 0 amide bonds. The minimum Gasteiger partial charge on any atom is -0.354 e. The van der Waals surface area contributed by atoms with Crippen LogP contribution in [0.5, 0.6) is 0 Å². The predicted molar refractivity (Wildman–Crippen MR) is 60.8 cm³/mol. The zero-order valence-electron chi connectivity index (χ0n) is 10.0. The van der Waals surface area contributed by atoms with E-state index in [9.17, 15) is 0 Å². The Labute approximate surface area is 91.4 Å². The summed E-state index contributed by atoms with van der Waals surface area (Å²) < 4.78 is 12.0. The van der Waals surface area contributed by atoms with Gasteiger partial charge in [-0.25, -0.2) is 4.68 Å². The molecule has 0 aliphatic heterocycles. The maximum absolute atomic E-state index is 5.10. The molecule has 0 fully saturated rings. The van der Waals surface area contributed by atoms with E-state index >= 15 is 0 Å². The van der Waals surface area contributed by atoms with Crippen molar-refractivity contribution in [1.82, 2.24) is 15.0 Å². The molecule has 6 heteroatoms. The number of methoxy groups -OCH3 is 2. The van der Waals surface area contributed by atoms with Crippen LogP contribution in [0.3, 0.4) is 0 Å². The predicted octanol–water partition coefficient (Wildman–Crippen LogP) is 0.442. The van der Waals surface area contributed by atoms with Gasteiger partial charge in [-0.15, -0.1) is 5.10 Å². The van der Waals surface area contributed by atoms with Gasteiger partial charge in [0.1, 0.15) is 8.07 Å². The van der Waals surface area contributed by atoms with Crippen molar-refractivity contribution < 1.29 is 9.47 Å². The molecule has 1 rings (SSSR count). The van der Waals surface area contributed by atoms with Gasteiger partial charge in [0, 0.05) is 20.4 Å². The standard InChI is InChI=1S/C9H19N3O2Si/c1-13-9(14-2)7-12-6-8(10-11-12)15(3,4)5/h6,9H,7H2,1-5H3. The lowest BCUT2D eigenvalue weighted by Crippen LogP contribution is -2.38. The summed E-state index contributed by atoms with van der Waals surface area (Å²) in [7, 11) is 1.87. The van der Waals surface area contributed by atoms with Crippen LogP contribution in [0.15, 0.2) is 6.20 Å². The summed E-state index contributed by atoms with van der Waals surface area (Å²) in [5, 5.41) is 9.34. The van der Waals surface area contributed by atoms with E-state index in [1.165, 1.54) is 0 Å². The molecule has 1 aromatic rings. The monoisotopic (exact) mass is 229 g/mol. The van der Waals surface area contributed by atoms with Gasteiger partial charge in [-0.2, -0.15) is 0 Å². The molecule has 0 aromatic carbocycles. The molecule has 0 aliphatic carbocycles. The summed E-state index contributed by atoms with van der Waals surface area (Å²) >= 11 is 0. The Morgan fingerprint density at radius 3 is 2.33 bits per heavy atom. The molecular weight excluding hydrogens is 210 g/mol. The first-order valence-corrected chi connectivity index (χ1v) is 8.43. The molecule has 0 saturated heterocycles. The third-order valence-corrected chi connectivity index (χ3v) is 3.93. The van der Waals surface area contributed by atoms with Crippen LogP contribution >= 0.6 is 0 Å². The molecule has 0 spiro atoms. The van der Waals surface area contributed by atoms with Gasteiger partial charge in [-0.3, -0.25) is 0 Å². The van der Waals surface area contributed by atoms with Crippen molar-refractivity contribution in [2.75, 3.05) is 14.2 Å². The Balaban J connectivity index is 2.68. The third kappa shape index (κ3) is 3.40. The SMILES string of the molecule is COC(Cn1cc([Si](C)(C)C)nn1)OC. The zero-order valence-corrected chi connectivity index (χ0v) is 11.0. The molecule has 1 heterocycles. The quantitative estimate of drug-likeness (QED) is 0.543. The molecule has 1 aromatic heterocycles. The highest BCUT2D eigenvalue weighted by Crippen LogP contribution is 2.00. The fourth-order valence-electron chi connectivity index (χ4n) is 1.13. The third-order valence-electron chi connectivity index (χ3n) is 2.17. The van der Waals surface area contributed by atoms with Gasteiger partial charge < -0.3 is 9.47 Å². The molecule has 5 nitrogen and oxygen atoms in total. The van der Waals surface area contributed by atoms with Gasteiger partial charge in [-0.05, 0) is 0 Å². The Morgan fingerprint density at radius 2 is 1.93 bits per heavy atom. The van der Waals surface area contributed by atoms with Crippen molar-refractivity contribution in [3.05, 3.63) is 6.20 Å². The highest BCUT2D eigenvalue weighted by Gasteiger charge is 2.21. The Kier molecular flexibility index (Phi) is 4.01. The second-order valence-electron chi connectivity index (χ2n) is 4.48. The van der Waals surface area contributed by atoms with E-state index in [1.54, 1.807) is 18.9 Å². The lowest BCUT2D eigenvalue weighted by atomic mass is 10.6. The lowest BCUT2D eigenvalue weighted by Gasteiger charge is -2.13. The average molecular weight is 229 g/mol. The summed E-state index contributed by atoms with van der Waals surface area (Å²) in [6.07, 6.45) is 1.72. The molecule has 15 heavy (non-hydrogen) atoms. The molecule has 86 valence electrons. The maximum atomic E-state index is 5.10. The Hall–Kier alpha value is -0.723. The van der Waals surface area contributed by atoms with Gasteiger partial charge in [0.15, 0.2) is 6.29 Å². The number of aromatic nitrogens is 3. The minimum atomic E-state index is -1.36. The van der Waals surface area contributed by atoms with Gasteiger partial charge in [0.05, 0.1) is 11.9 Å². The van der Waals surface area contributed by atoms with Crippen molar-refractivity contribution >= 4 is 13.4 Å². The molecule has 0 aliphatic rings. The summed E-state index contributed by atoms with van der Waals surface area (Å²) in [4.78, 5) is 0. The van der Waals surface area contributed by atoms with Gasteiger partial charge in [0.2, 0.25) is 0 Å². The second-order valence-corrected chi connectivity index (χ2v) is 9.49. The molecule has 0 bridgehead atoms. The first-order chi connectivity index (χ1) is 6.97. The minimum absolute atomic E-state index is 0.263. The van der Waals surface area contributed by atoms with E-state index in [1.807, 2.05) is 6.20 Å². The molecule has 0 N–H and O–H groups in total. The smallest absolute Gasteiger partial charge is 0.176 e. The topological polar surface area (TPSA) is 49.2 Å².